The van der Waals surface area contributed by atoms with Gasteiger partial charge in [0.25, 0.3) is 0 Å². The van der Waals surface area contributed by atoms with Crippen LogP contribution in [0.4, 0.5) is 0 Å². The molecule has 0 fully saturated rings. The van der Waals surface area contributed by atoms with Crippen molar-refractivity contribution < 1.29 is 8.42 Å². The molecule has 2 aromatic rings. The fourth-order valence-corrected chi connectivity index (χ4v) is 4.09. The second kappa shape index (κ2) is 7.05. The lowest BCUT2D eigenvalue weighted by atomic mass is 9.95. The number of rotatable bonds is 6. The van der Waals surface area contributed by atoms with E-state index >= 15 is 0 Å². The second-order valence-corrected chi connectivity index (χ2v) is 7.32. The SMILES string of the molecule is CCc1cc(CC)c(CS(=O)(=O)c2ccccn2)c(CC)c1. The summed E-state index contributed by atoms with van der Waals surface area (Å²) in [6.07, 6.45) is 4.17. The van der Waals surface area contributed by atoms with Crippen LogP contribution >= 0.6 is 0 Å². The summed E-state index contributed by atoms with van der Waals surface area (Å²) in [5.74, 6) is 0.0281. The minimum atomic E-state index is -3.41. The number of aryl methyl sites for hydroxylation is 3. The summed E-state index contributed by atoms with van der Waals surface area (Å²) in [5.41, 5.74) is 4.49. The van der Waals surface area contributed by atoms with Crippen LogP contribution in [0, 0.1) is 0 Å². The summed E-state index contributed by atoms with van der Waals surface area (Å²) in [4.78, 5) is 4.00. The minimum absolute atomic E-state index is 0.0281. The number of pyridine rings is 1. The molecule has 0 aliphatic rings. The van der Waals surface area contributed by atoms with Crippen LogP contribution in [0.25, 0.3) is 0 Å². The molecule has 4 heteroatoms. The molecule has 0 saturated heterocycles. The zero-order valence-electron chi connectivity index (χ0n) is 13.5. The third kappa shape index (κ3) is 3.55. The Morgan fingerprint density at radius 2 is 1.59 bits per heavy atom. The predicted octanol–water partition coefficient (Wildman–Crippen LogP) is 3.74. The molecule has 0 atom stereocenters. The van der Waals surface area contributed by atoms with E-state index < -0.39 is 9.84 Å². The van der Waals surface area contributed by atoms with Crippen LogP contribution in [0.3, 0.4) is 0 Å². The summed E-state index contributed by atoms with van der Waals surface area (Å²) < 4.78 is 25.3. The van der Waals surface area contributed by atoms with Gasteiger partial charge < -0.3 is 0 Å². The number of sulfone groups is 1. The lowest BCUT2D eigenvalue weighted by Crippen LogP contribution is -2.11. The Labute approximate surface area is 133 Å². The van der Waals surface area contributed by atoms with Gasteiger partial charge in [-0.15, -0.1) is 0 Å². The first-order valence-electron chi connectivity index (χ1n) is 7.79. The van der Waals surface area contributed by atoms with Crippen molar-refractivity contribution in [2.45, 2.75) is 50.8 Å². The van der Waals surface area contributed by atoms with E-state index in [0.717, 1.165) is 36.0 Å². The van der Waals surface area contributed by atoms with Crippen molar-refractivity contribution in [2.24, 2.45) is 0 Å². The maximum absolute atomic E-state index is 12.6. The molecular weight excluding hydrogens is 294 g/mol. The highest BCUT2D eigenvalue weighted by molar-refractivity contribution is 7.90. The van der Waals surface area contributed by atoms with Crippen molar-refractivity contribution >= 4 is 9.84 Å². The average molecular weight is 317 g/mol. The smallest absolute Gasteiger partial charge is 0.199 e. The first-order chi connectivity index (χ1) is 10.5. The van der Waals surface area contributed by atoms with Crippen molar-refractivity contribution in [3.05, 3.63) is 58.8 Å². The quantitative estimate of drug-likeness (QED) is 0.815. The van der Waals surface area contributed by atoms with Crippen LogP contribution in [0.15, 0.2) is 41.6 Å². The maximum atomic E-state index is 12.6. The van der Waals surface area contributed by atoms with Crippen LogP contribution in [0.1, 0.15) is 43.0 Å². The molecule has 0 spiro atoms. The molecule has 0 aliphatic heterocycles. The Morgan fingerprint density at radius 1 is 0.955 bits per heavy atom. The third-order valence-electron chi connectivity index (χ3n) is 3.96. The maximum Gasteiger partial charge on any atom is 0.199 e. The zero-order valence-corrected chi connectivity index (χ0v) is 14.3. The Bertz CT molecular complexity index is 712. The van der Waals surface area contributed by atoms with Crippen LogP contribution in [-0.2, 0) is 34.9 Å². The van der Waals surface area contributed by atoms with E-state index in [1.807, 2.05) is 0 Å². The fraction of sp³-hybridized carbons (Fsp3) is 0.389. The van der Waals surface area contributed by atoms with Gasteiger partial charge >= 0.3 is 0 Å². The van der Waals surface area contributed by atoms with Crippen molar-refractivity contribution in [1.29, 1.82) is 0 Å². The van der Waals surface area contributed by atoms with Gasteiger partial charge in [-0.25, -0.2) is 13.4 Å². The molecule has 1 aromatic carbocycles. The van der Waals surface area contributed by atoms with Crippen molar-refractivity contribution in [3.63, 3.8) is 0 Å². The topological polar surface area (TPSA) is 47.0 Å². The Balaban J connectivity index is 2.49. The Kier molecular flexibility index (Phi) is 5.35. The van der Waals surface area contributed by atoms with E-state index in [1.54, 1.807) is 18.2 Å². The number of hydrogen-bond acceptors (Lipinski definition) is 3. The van der Waals surface area contributed by atoms with Gasteiger partial charge in [-0.2, -0.15) is 0 Å². The average Bonchev–Trinajstić information content (AvgIpc) is 2.55. The molecule has 1 heterocycles. The largest absolute Gasteiger partial charge is 0.245 e. The molecule has 0 amide bonds. The Hall–Kier alpha value is -1.68. The molecule has 3 nitrogen and oxygen atoms in total. The summed E-state index contributed by atoms with van der Waals surface area (Å²) in [5, 5.41) is 0.152. The van der Waals surface area contributed by atoms with Gasteiger partial charge in [0.15, 0.2) is 14.9 Å². The van der Waals surface area contributed by atoms with Gasteiger partial charge in [0.05, 0.1) is 5.75 Å². The molecule has 118 valence electrons. The molecule has 1 aromatic heterocycles. The highest BCUT2D eigenvalue weighted by Gasteiger charge is 2.20. The number of benzene rings is 1. The molecule has 0 bridgehead atoms. The number of hydrogen-bond donors (Lipinski definition) is 0. The fourth-order valence-electron chi connectivity index (χ4n) is 2.69. The second-order valence-electron chi connectivity index (χ2n) is 5.38. The van der Waals surface area contributed by atoms with Gasteiger partial charge in [0.2, 0.25) is 0 Å². The number of nitrogens with zero attached hydrogens (tertiary/aromatic N) is 1. The van der Waals surface area contributed by atoms with Gasteiger partial charge in [-0.05, 0) is 53.6 Å². The van der Waals surface area contributed by atoms with Crippen LogP contribution in [0.5, 0.6) is 0 Å². The summed E-state index contributed by atoms with van der Waals surface area (Å²) in [6, 6.07) is 9.28. The Morgan fingerprint density at radius 3 is 2.05 bits per heavy atom. The summed E-state index contributed by atoms with van der Waals surface area (Å²) in [7, 11) is -3.41. The molecule has 0 radical (unpaired) electrons. The lowest BCUT2D eigenvalue weighted by Gasteiger charge is -2.15. The molecule has 22 heavy (non-hydrogen) atoms. The van der Waals surface area contributed by atoms with E-state index in [2.05, 4.69) is 37.9 Å². The molecular formula is C18H23NO2S. The molecule has 2 rings (SSSR count). The third-order valence-corrected chi connectivity index (χ3v) is 5.50. The monoisotopic (exact) mass is 317 g/mol. The van der Waals surface area contributed by atoms with Crippen molar-refractivity contribution in [2.75, 3.05) is 0 Å². The van der Waals surface area contributed by atoms with E-state index in [1.165, 1.54) is 11.8 Å². The molecule has 0 unspecified atom stereocenters. The van der Waals surface area contributed by atoms with Gasteiger partial charge in [0, 0.05) is 6.20 Å². The van der Waals surface area contributed by atoms with Gasteiger partial charge in [-0.1, -0.05) is 39.0 Å². The molecule has 0 saturated carbocycles. The predicted molar refractivity (Wildman–Crippen MR) is 89.7 cm³/mol. The normalized spacial score (nSPS) is 11.6. The molecule has 0 N–H and O–H groups in total. The standard InChI is InChI=1S/C18H23NO2S/c1-4-14-11-15(5-2)17(16(6-3)12-14)13-22(20,21)18-9-7-8-10-19-18/h7-12H,4-6,13H2,1-3H3. The summed E-state index contributed by atoms with van der Waals surface area (Å²) in [6.45, 7) is 6.27. The van der Waals surface area contributed by atoms with Crippen LogP contribution < -0.4 is 0 Å². The molecule has 0 aliphatic carbocycles. The van der Waals surface area contributed by atoms with E-state index in [0.29, 0.717) is 0 Å². The van der Waals surface area contributed by atoms with E-state index in [9.17, 15) is 8.42 Å². The van der Waals surface area contributed by atoms with E-state index in [4.69, 9.17) is 0 Å². The first kappa shape index (κ1) is 16.7. The summed E-state index contributed by atoms with van der Waals surface area (Å²) >= 11 is 0. The highest BCUT2D eigenvalue weighted by Crippen LogP contribution is 2.24. The first-order valence-corrected chi connectivity index (χ1v) is 9.44. The van der Waals surface area contributed by atoms with Crippen molar-refractivity contribution in [1.82, 2.24) is 4.98 Å². The van der Waals surface area contributed by atoms with Gasteiger partial charge in [0.1, 0.15) is 0 Å². The minimum Gasteiger partial charge on any atom is -0.245 e. The van der Waals surface area contributed by atoms with Gasteiger partial charge in [-0.3, -0.25) is 0 Å². The van der Waals surface area contributed by atoms with Crippen molar-refractivity contribution in [3.8, 4) is 0 Å². The number of aromatic nitrogens is 1. The zero-order chi connectivity index (χ0) is 16.2. The highest BCUT2D eigenvalue weighted by atomic mass is 32.2. The van der Waals surface area contributed by atoms with Crippen LogP contribution in [0.2, 0.25) is 0 Å². The van der Waals surface area contributed by atoms with E-state index in [-0.39, 0.29) is 10.8 Å². The lowest BCUT2D eigenvalue weighted by molar-refractivity contribution is 0.591. The van der Waals surface area contributed by atoms with Crippen LogP contribution in [-0.4, -0.2) is 13.4 Å².